The first-order chi connectivity index (χ1) is 5.70. The molecule has 1 heterocycles. The summed E-state index contributed by atoms with van der Waals surface area (Å²) in [7, 11) is 1.42. The second kappa shape index (κ2) is 4.68. The molecule has 0 aromatic carbocycles. The summed E-state index contributed by atoms with van der Waals surface area (Å²) in [5.74, 6) is 0. The first-order valence-electron chi connectivity index (χ1n) is 3.49. The molecule has 1 saturated heterocycles. The maximum absolute atomic E-state index is 9.45. The van der Waals surface area contributed by atoms with Gasteiger partial charge in [0.1, 0.15) is 0 Å². The van der Waals surface area contributed by atoms with Crippen LogP contribution in [0.5, 0.6) is 0 Å². The molecule has 0 aromatic rings. The van der Waals surface area contributed by atoms with Crippen molar-refractivity contribution >= 4 is 0 Å². The fraction of sp³-hybridized carbons (Fsp3) is 1.00. The van der Waals surface area contributed by atoms with Crippen molar-refractivity contribution in [2.45, 2.75) is 22.4 Å². The summed E-state index contributed by atoms with van der Waals surface area (Å²) in [6, 6.07) is 0. The van der Waals surface area contributed by atoms with Gasteiger partial charge in [0, 0.05) is 0 Å². The van der Waals surface area contributed by atoms with E-state index in [0.29, 0.717) is 0 Å². The third-order valence-electron chi connectivity index (χ3n) is 1.70. The van der Waals surface area contributed by atoms with Crippen molar-refractivity contribution in [1.29, 1.82) is 0 Å². The van der Waals surface area contributed by atoms with Crippen LogP contribution in [0.1, 0.15) is 0 Å². The van der Waals surface area contributed by atoms with E-state index in [9.17, 15) is 10.2 Å². The molecule has 0 amide bonds. The van der Waals surface area contributed by atoms with E-state index in [1.165, 1.54) is 7.11 Å². The predicted molar refractivity (Wildman–Crippen MR) is 34.8 cm³/mol. The molecule has 0 spiro atoms. The third kappa shape index (κ3) is 2.06. The SMILES string of the molecule is COC1[C@@H](O)C(CO)O[I-][C@H]1O. The molecule has 3 N–H and O–H groups in total. The number of hydrogen-bond acceptors (Lipinski definition) is 5. The second-order valence-electron chi connectivity index (χ2n) is 2.46. The Balaban J connectivity index is 2.56. The number of ether oxygens (including phenoxy) is 1. The van der Waals surface area contributed by atoms with Gasteiger partial charge in [-0.25, -0.2) is 0 Å². The number of hydrogen-bond donors (Lipinski definition) is 3. The molecule has 5 nitrogen and oxygen atoms in total. The average molecular weight is 291 g/mol. The quantitative estimate of drug-likeness (QED) is 0.351. The molecule has 0 bridgehead atoms. The predicted octanol–water partition coefficient (Wildman–Crippen LogP) is -4.92. The average Bonchev–Trinajstić information content (AvgIpc) is 2.06. The summed E-state index contributed by atoms with van der Waals surface area (Å²) in [4.78, 5) is 0. The Bertz CT molecular complexity index is 144. The number of rotatable bonds is 2. The summed E-state index contributed by atoms with van der Waals surface area (Å²) < 4.78 is 9.23. The summed E-state index contributed by atoms with van der Waals surface area (Å²) in [5, 5.41) is 27.5. The normalized spacial score (nSPS) is 43.7. The standard InChI is InChI=1S/C6H12IO5/c1-11-5-4(9)3(2-8)12-7-6(5)10/h3-6,8-10H,2H2,1H3/q-1/t3?,4-,5?,6-/m0/s1. The van der Waals surface area contributed by atoms with E-state index < -0.39 is 44.0 Å². The fourth-order valence-corrected chi connectivity index (χ4v) is 3.13. The van der Waals surface area contributed by atoms with Crippen LogP contribution in [0.3, 0.4) is 0 Å². The molecule has 74 valence electrons. The molecule has 4 atom stereocenters. The molecule has 0 aromatic heterocycles. The Kier molecular flexibility index (Phi) is 4.14. The van der Waals surface area contributed by atoms with Gasteiger partial charge < -0.3 is 0 Å². The van der Waals surface area contributed by atoms with Gasteiger partial charge in [-0.3, -0.25) is 0 Å². The summed E-state index contributed by atoms with van der Waals surface area (Å²) in [6.45, 7) is -0.243. The number of methoxy groups -OCH3 is 1. The number of aliphatic hydroxyl groups excluding tert-OH is 3. The van der Waals surface area contributed by atoms with Crippen LogP contribution in [-0.2, 0) is 7.80 Å². The minimum absolute atomic E-state index is 0.243. The summed E-state index contributed by atoms with van der Waals surface area (Å²) in [6.07, 6.45) is -2.17. The number of halogens is 1. The van der Waals surface area contributed by atoms with E-state index in [4.69, 9.17) is 12.9 Å². The van der Waals surface area contributed by atoms with E-state index in [0.717, 1.165) is 0 Å². The van der Waals surface area contributed by atoms with Gasteiger partial charge in [0.05, 0.1) is 0 Å². The fourth-order valence-electron chi connectivity index (χ4n) is 0.984. The van der Waals surface area contributed by atoms with Gasteiger partial charge in [0.15, 0.2) is 0 Å². The molecule has 1 aliphatic heterocycles. The van der Waals surface area contributed by atoms with Crippen molar-refractivity contribution in [1.82, 2.24) is 0 Å². The topological polar surface area (TPSA) is 79.2 Å². The van der Waals surface area contributed by atoms with E-state index in [-0.39, 0.29) is 6.61 Å². The number of aliphatic hydroxyl groups is 3. The molecule has 0 aliphatic carbocycles. The maximum atomic E-state index is 9.45. The summed E-state index contributed by atoms with van der Waals surface area (Å²) in [5.41, 5.74) is 0. The summed E-state index contributed by atoms with van der Waals surface area (Å²) >= 11 is -0.858. The van der Waals surface area contributed by atoms with Gasteiger partial charge in [0.2, 0.25) is 0 Å². The van der Waals surface area contributed by atoms with Crippen LogP contribution in [0.25, 0.3) is 0 Å². The Hall–Kier alpha value is 0.530. The molecule has 1 rings (SSSR count). The van der Waals surface area contributed by atoms with Gasteiger partial charge in [-0.05, 0) is 0 Å². The van der Waals surface area contributed by atoms with Crippen LogP contribution < -0.4 is 21.6 Å². The van der Waals surface area contributed by atoms with E-state index in [2.05, 4.69) is 0 Å². The van der Waals surface area contributed by atoms with Crippen molar-refractivity contribution in [3.8, 4) is 0 Å². The molecule has 0 saturated carbocycles. The molecule has 1 aliphatic rings. The van der Waals surface area contributed by atoms with Crippen LogP contribution in [0.4, 0.5) is 0 Å². The zero-order chi connectivity index (χ0) is 9.14. The minimum atomic E-state index is -0.941. The van der Waals surface area contributed by atoms with Crippen LogP contribution in [0.15, 0.2) is 0 Å². The van der Waals surface area contributed by atoms with Crippen molar-refractivity contribution in [2.24, 2.45) is 0 Å². The van der Waals surface area contributed by atoms with Gasteiger partial charge in [-0.2, -0.15) is 0 Å². The van der Waals surface area contributed by atoms with Crippen LogP contribution >= 0.6 is 0 Å². The molecule has 2 unspecified atom stereocenters. The van der Waals surface area contributed by atoms with Gasteiger partial charge >= 0.3 is 80.9 Å². The van der Waals surface area contributed by atoms with Crippen molar-refractivity contribution in [2.75, 3.05) is 13.7 Å². The van der Waals surface area contributed by atoms with Crippen molar-refractivity contribution in [3.63, 3.8) is 0 Å². The van der Waals surface area contributed by atoms with Crippen molar-refractivity contribution < 1.29 is 44.7 Å². The Morgan fingerprint density at radius 2 is 2.17 bits per heavy atom. The van der Waals surface area contributed by atoms with E-state index in [1.54, 1.807) is 0 Å². The molecule has 6 heteroatoms. The van der Waals surface area contributed by atoms with Gasteiger partial charge in [-0.15, -0.1) is 0 Å². The zero-order valence-electron chi connectivity index (χ0n) is 6.55. The molecule has 12 heavy (non-hydrogen) atoms. The van der Waals surface area contributed by atoms with Gasteiger partial charge in [-0.1, -0.05) is 0 Å². The Labute approximate surface area is 81.1 Å². The molecule has 0 radical (unpaired) electrons. The van der Waals surface area contributed by atoms with Crippen molar-refractivity contribution in [3.05, 3.63) is 0 Å². The van der Waals surface area contributed by atoms with Crippen LogP contribution in [-0.4, -0.2) is 51.5 Å². The first kappa shape index (κ1) is 10.6. The molecular formula is C6H12IO5-. The van der Waals surface area contributed by atoms with Gasteiger partial charge in [0.25, 0.3) is 0 Å². The van der Waals surface area contributed by atoms with Crippen LogP contribution in [0.2, 0.25) is 0 Å². The van der Waals surface area contributed by atoms with Crippen LogP contribution in [0, 0.1) is 0 Å². The second-order valence-corrected chi connectivity index (χ2v) is 4.76. The third-order valence-corrected chi connectivity index (χ3v) is 3.87. The first-order valence-corrected chi connectivity index (χ1v) is 5.62. The number of alkyl halides is 1. The Morgan fingerprint density at radius 3 is 2.67 bits per heavy atom. The molecule has 1 fully saturated rings. The molecular weight excluding hydrogens is 279 g/mol. The Morgan fingerprint density at radius 1 is 1.50 bits per heavy atom. The zero-order valence-corrected chi connectivity index (χ0v) is 8.71. The van der Waals surface area contributed by atoms with E-state index in [1.807, 2.05) is 0 Å². The van der Waals surface area contributed by atoms with E-state index >= 15 is 0 Å². The monoisotopic (exact) mass is 291 g/mol.